The van der Waals surface area contributed by atoms with E-state index in [1.807, 2.05) is 0 Å². The fourth-order valence-electron chi connectivity index (χ4n) is 2.49. The molecular weight excluding hydrogens is 357 g/mol. The number of hydrogen-bond acceptors (Lipinski definition) is 3. The number of nitrogens with zero attached hydrogens (tertiary/aromatic N) is 3. The molecule has 0 unspecified atom stereocenters. The van der Waals surface area contributed by atoms with E-state index in [1.54, 1.807) is 0 Å². The summed E-state index contributed by atoms with van der Waals surface area (Å²) in [5, 5.41) is 0. The van der Waals surface area contributed by atoms with Gasteiger partial charge in [0.2, 0.25) is 0 Å². The molecule has 1 aliphatic rings. The maximum Gasteiger partial charge on any atom is 3.00 e. The maximum atomic E-state index is 2.54. The Balaban J connectivity index is -0.000000320. The van der Waals surface area contributed by atoms with E-state index < -0.39 is 0 Å². The van der Waals surface area contributed by atoms with E-state index in [1.165, 1.54) is 45.1 Å². The van der Waals surface area contributed by atoms with E-state index in [-0.39, 0.29) is 54.6 Å². The summed E-state index contributed by atoms with van der Waals surface area (Å²) in [6, 6.07) is 0. The monoisotopic (exact) mass is 384 g/mol. The number of unbranched alkanes of at least 4 members (excludes halogenated alkanes) is 5. The van der Waals surface area contributed by atoms with Gasteiger partial charge >= 0.3 is 17.4 Å². The van der Waals surface area contributed by atoms with E-state index >= 15 is 0 Å². The van der Waals surface area contributed by atoms with Crippen LogP contribution in [0.5, 0.6) is 0 Å². The van der Waals surface area contributed by atoms with E-state index in [2.05, 4.69) is 35.7 Å². The smallest absolute Gasteiger partial charge is 1.00 e. The van der Waals surface area contributed by atoms with Crippen molar-refractivity contribution in [3.63, 3.8) is 0 Å². The zero-order valence-electron chi connectivity index (χ0n) is 13.0. The Bertz CT molecular complexity index is 180. The third-order valence-electron chi connectivity index (χ3n) is 3.19. The molecule has 0 amide bonds. The normalized spacial score (nSPS) is 16.4. The summed E-state index contributed by atoms with van der Waals surface area (Å²) in [5.41, 5.74) is 0. The second-order valence-electron chi connectivity index (χ2n) is 5.30. The standard InChI is InChI=1S/C13H29N3.3ClH.Cr/c1-4-5-6-7-8-9-10-16-12-14(2)11-15(3)13-16;;;;/h4-13H2,1-3H3;3*1H;/q;;;;+3/p-3. The molecule has 0 aliphatic carbocycles. The molecule has 3 nitrogen and oxygen atoms in total. The molecule has 0 aromatic rings. The Kier molecular flexibility index (Phi) is 26.9. The van der Waals surface area contributed by atoms with Crippen LogP contribution in [0.4, 0.5) is 0 Å². The Labute approximate surface area is 155 Å². The minimum Gasteiger partial charge on any atom is -1.00 e. The van der Waals surface area contributed by atoms with Crippen molar-refractivity contribution in [1.29, 1.82) is 0 Å². The van der Waals surface area contributed by atoms with Crippen LogP contribution in [0, 0.1) is 0 Å². The second kappa shape index (κ2) is 18.3. The van der Waals surface area contributed by atoms with Crippen molar-refractivity contribution in [2.75, 3.05) is 40.6 Å². The Morgan fingerprint density at radius 3 is 1.65 bits per heavy atom. The summed E-state index contributed by atoms with van der Waals surface area (Å²) in [4.78, 5) is 7.30. The van der Waals surface area contributed by atoms with Crippen LogP contribution in [0.15, 0.2) is 0 Å². The molecule has 0 bridgehead atoms. The van der Waals surface area contributed by atoms with Gasteiger partial charge in [0, 0.05) is 6.54 Å². The van der Waals surface area contributed by atoms with Crippen molar-refractivity contribution in [3.05, 3.63) is 0 Å². The van der Waals surface area contributed by atoms with Gasteiger partial charge in [-0.05, 0) is 20.5 Å². The average molecular weight is 386 g/mol. The first-order chi connectivity index (χ1) is 7.72. The van der Waals surface area contributed by atoms with Gasteiger partial charge in [-0.2, -0.15) is 0 Å². The molecule has 20 heavy (non-hydrogen) atoms. The second-order valence-corrected chi connectivity index (χ2v) is 5.30. The molecule has 0 spiro atoms. The molecule has 1 heterocycles. The molecule has 1 rings (SSSR count). The molecule has 1 fully saturated rings. The molecule has 0 atom stereocenters. The van der Waals surface area contributed by atoms with Crippen molar-refractivity contribution in [1.82, 2.24) is 14.7 Å². The Morgan fingerprint density at radius 1 is 0.700 bits per heavy atom. The van der Waals surface area contributed by atoms with Crippen LogP contribution in [0.2, 0.25) is 0 Å². The summed E-state index contributed by atoms with van der Waals surface area (Å²) in [5.74, 6) is 0. The van der Waals surface area contributed by atoms with E-state index in [4.69, 9.17) is 0 Å². The van der Waals surface area contributed by atoms with Crippen LogP contribution in [-0.2, 0) is 17.4 Å². The molecule has 0 aromatic heterocycles. The SMILES string of the molecule is CCCCCCCCN1CN(C)CN(C)C1.[Cl-].[Cl-].[Cl-].[Cr+3]. The van der Waals surface area contributed by atoms with Crippen LogP contribution >= 0.6 is 0 Å². The van der Waals surface area contributed by atoms with Crippen molar-refractivity contribution < 1.29 is 54.6 Å². The molecule has 1 saturated heterocycles. The summed E-state index contributed by atoms with van der Waals surface area (Å²) in [6.07, 6.45) is 8.38. The van der Waals surface area contributed by atoms with Gasteiger partial charge in [0.25, 0.3) is 0 Å². The third-order valence-corrected chi connectivity index (χ3v) is 3.19. The molecule has 1 aliphatic heterocycles. The number of hydrogen-bond donors (Lipinski definition) is 0. The van der Waals surface area contributed by atoms with Crippen molar-refractivity contribution >= 4 is 0 Å². The van der Waals surface area contributed by atoms with Crippen LogP contribution in [0.25, 0.3) is 0 Å². The van der Waals surface area contributed by atoms with Crippen LogP contribution in [0.3, 0.4) is 0 Å². The first-order valence-electron chi connectivity index (χ1n) is 6.82. The third kappa shape index (κ3) is 14.2. The number of halogens is 3. The topological polar surface area (TPSA) is 9.72 Å². The molecule has 0 N–H and O–H groups in total. The predicted molar refractivity (Wildman–Crippen MR) is 70.2 cm³/mol. The average Bonchev–Trinajstić information content (AvgIpc) is 2.22. The largest absolute Gasteiger partial charge is 3.00 e. The van der Waals surface area contributed by atoms with E-state index in [9.17, 15) is 0 Å². The molecular formula is C13H29Cl3CrN3. The van der Waals surface area contributed by atoms with Gasteiger partial charge in [-0.3, -0.25) is 14.7 Å². The molecule has 123 valence electrons. The van der Waals surface area contributed by atoms with Crippen molar-refractivity contribution in [3.8, 4) is 0 Å². The number of rotatable bonds is 7. The van der Waals surface area contributed by atoms with Crippen molar-refractivity contribution in [2.45, 2.75) is 45.4 Å². The first kappa shape index (κ1) is 29.3. The van der Waals surface area contributed by atoms with Gasteiger partial charge < -0.3 is 37.2 Å². The Morgan fingerprint density at radius 2 is 1.15 bits per heavy atom. The first-order valence-corrected chi connectivity index (χ1v) is 6.82. The van der Waals surface area contributed by atoms with Gasteiger partial charge in [0.15, 0.2) is 0 Å². The fourth-order valence-corrected chi connectivity index (χ4v) is 2.49. The van der Waals surface area contributed by atoms with Crippen LogP contribution in [-0.4, -0.2) is 55.3 Å². The minimum atomic E-state index is 0. The molecule has 0 aromatic carbocycles. The summed E-state index contributed by atoms with van der Waals surface area (Å²) in [7, 11) is 4.40. The van der Waals surface area contributed by atoms with Crippen molar-refractivity contribution in [2.24, 2.45) is 0 Å². The van der Waals surface area contributed by atoms with Gasteiger partial charge in [-0.15, -0.1) is 0 Å². The summed E-state index contributed by atoms with van der Waals surface area (Å²) < 4.78 is 0. The van der Waals surface area contributed by atoms with E-state index in [0.29, 0.717) is 0 Å². The quantitative estimate of drug-likeness (QED) is 0.404. The van der Waals surface area contributed by atoms with Gasteiger partial charge in [0.05, 0.1) is 20.0 Å². The zero-order chi connectivity index (χ0) is 11.8. The van der Waals surface area contributed by atoms with Gasteiger partial charge in [-0.25, -0.2) is 0 Å². The minimum absolute atomic E-state index is 0. The molecule has 7 heteroatoms. The van der Waals surface area contributed by atoms with E-state index in [0.717, 1.165) is 20.0 Å². The molecule has 0 saturated carbocycles. The fraction of sp³-hybridized carbons (Fsp3) is 1.00. The summed E-state index contributed by atoms with van der Waals surface area (Å²) in [6.45, 7) is 6.92. The Hall–Kier alpha value is 1.28. The van der Waals surface area contributed by atoms with Crippen LogP contribution in [0.1, 0.15) is 45.4 Å². The predicted octanol–water partition coefficient (Wildman–Crippen LogP) is -6.59. The molecule has 1 radical (unpaired) electrons. The van der Waals surface area contributed by atoms with Gasteiger partial charge in [-0.1, -0.05) is 39.0 Å². The van der Waals surface area contributed by atoms with Gasteiger partial charge in [0.1, 0.15) is 0 Å². The van der Waals surface area contributed by atoms with Crippen LogP contribution < -0.4 is 37.2 Å². The zero-order valence-corrected chi connectivity index (χ0v) is 16.5. The summed E-state index contributed by atoms with van der Waals surface area (Å²) >= 11 is 0. The maximum absolute atomic E-state index is 2.54.